The second-order valence-corrected chi connectivity index (χ2v) is 11.0. The number of hydrogen-bond donors (Lipinski definition) is 0. The van der Waals surface area contributed by atoms with Crippen molar-refractivity contribution in [2.45, 2.75) is 0 Å². The Bertz CT molecular complexity index is 1460. The van der Waals surface area contributed by atoms with E-state index in [0.717, 1.165) is 22.7 Å². The van der Waals surface area contributed by atoms with Crippen molar-refractivity contribution in [3.8, 4) is 23.0 Å². The second-order valence-electron chi connectivity index (χ2n) is 8.58. The van der Waals surface area contributed by atoms with Gasteiger partial charge in [0, 0.05) is 0 Å². The van der Waals surface area contributed by atoms with Gasteiger partial charge in [-0.2, -0.15) is 0 Å². The molecule has 5 aromatic rings. The maximum absolute atomic E-state index is 16.1. The number of anilines is 4. The van der Waals surface area contributed by atoms with Gasteiger partial charge in [0.2, 0.25) is 0 Å². The van der Waals surface area contributed by atoms with Gasteiger partial charge in [-0.25, -0.2) is 0 Å². The topological polar surface area (TPSA) is 42.0 Å². The van der Waals surface area contributed by atoms with Crippen molar-refractivity contribution in [3.63, 3.8) is 0 Å². The van der Waals surface area contributed by atoms with Crippen LogP contribution in [0, 0.1) is 0 Å². The molecule has 0 saturated carbocycles. The predicted molar refractivity (Wildman–Crippen MR) is 144 cm³/mol. The lowest BCUT2D eigenvalue weighted by Crippen LogP contribution is -2.35. The van der Waals surface area contributed by atoms with Crippen LogP contribution in [0.1, 0.15) is 0 Å². The maximum Gasteiger partial charge on any atom is 0.302 e. The van der Waals surface area contributed by atoms with Crippen LogP contribution in [0.3, 0.4) is 0 Å². The lowest BCUT2D eigenvalue weighted by Gasteiger charge is -2.45. The largest absolute Gasteiger partial charge is 0.453 e. The minimum absolute atomic E-state index is 0.655. The molecular formula is C30H21N2O3P. The highest BCUT2D eigenvalue weighted by molar-refractivity contribution is 7.75. The third kappa shape index (κ3) is 3.00. The molecule has 0 aliphatic carbocycles. The zero-order chi connectivity index (χ0) is 24.1. The fraction of sp³-hybridized carbons (Fsp3) is 0. The van der Waals surface area contributed by atoms with E-state index in [1.807, 2.05) is 137 Å². The van der Waals surface area contributed by atoms with Crippen molar-refractivity contribution >= 4 is 35.5 Å². The molecule has 0 atom stereocenters. The Morgan fingerprint density at radius 3 is 1.08 bits per heavy atom. The first-order valence-electron chi connectivity index (χ1n) is 11.7. The molecule has 2 heterocycles. The van der Waals surface area contributed by atoms with Gasteiger partial charge < -0.3 is 9.47 Å². The fourth-order valence-electron chi connectivity index (χ4n) is 4.90. The summed E-state index contributed by atoms with van der Waals surface area (Å²) in [6, 6.07) is 40.6. The number of fused-ring (bicyclic) bond motifs is 4. The van der Waals surface area contributed by atoms with Gasteiger partial charge in [-0.15, -0.1) is 0 Å². The molecule has 0 unspecified atom stereocenters. The summed E-state index contributed by atoms with van der Waals surface area (Å²) in [7, 11) is -3.65. The van der Waals surface area contributed by atoms with Crippen molar-refractivity contribution in [1.82, 2.24) is 0 Å². The van der Waals surface area contributed by atoms with Crippen molar-refractivity contribution in [3.05, 3.63) is 127 Å². The molecule has 0 fully saturated rings. The quantitative estimate of drug-likeness (QED) is 0.239. The molecule has 0 aromatic heterocycles. The number of benzene rings is 5. The van der Waals surface area contributed by atoms with Crippen LogP contribution in [-0.2, 0) is 4.57 Å². The molecule has 2 aliphatic heterocycles. The standard InChI is InChI=1S/C30H21N2O3P/c33-36(22-12-2-1-3-13-22,31-23-14-4-8-18-27(23)34-28-19-9-5-15-24(28)31)32-25-16-6-10-20-29(25)35-30-21-11-7-17-26(30)32/h1-21H. The van der Waals surface area contributed by atoms with Crippen LogP contribution in [0.25, 0.3) is 0 Å². The summed E-state index contributed by atoms with van der Waals surface area (Å²) in [6.45, 7) is 0. The zero-order valence-corrected chi connectivity index (χ0v) is 20.1. The molecule has 0 spiro atoms. The Labute approximate surface area is 209 Å². The van der Waals surface area contributed by atoms with Gasteiger partial charge in [0.05, 0.1) is 28.1 Å². The lowest BCUT2D eigenvalue weighted by molar-refractivity contribution is 0.474. The third-order valence-corrected chi connectivity index (χ3v) is 9.37. The highest BCUT2D eigenvalue weighted by atomic mass is 31.2. The molecule has 5 aromatic carbocycles. The Hall–Kier alpha value is -4.47. The molecule has 174 valence electrons. The van der Waals surface area contributed by atoms with Gasteiger partial charge in [0.25, 0.3) is 0 Å². The van der Waals surface area contributed by atoms with E-state index in [4.69, 9.17) is 9.47 Å². The smallest absolute Gasteiger partial charge is 0.302 e. The SMILES string of the molecule is O=P(c1ccccc1)(N1c2ccccc2Oc2ccccc21)N1c2ccccc2Oc2ccccc21. The van der Waals surface area contributed by atoms with E-state index in [0.29, 0.717) is 28.3 Å². The lowest BCUT2D eigenvalue weighted by atomic mass is 10.2. The minimum Gasteiger partial charge on any atom is -0.453 e. The Balaban J connectivity index is 1.60. The van der Waals surface area contributed by atoms with Crippen LogP contribution in [-0.4, -0.2) is 0 Å². The van der Waals surface area contributed by atoms with Crippen molar-refractivity contribution in [1.29, 1.82) is 0 Å². The predicted octanol–water partition coefficient (Wildman–Crippen LogP) is 8.39. The molecule has 7 rings (SSSR count). The zero-order valence-electron chi connectivity index (χ0n) is 19.2. The van der Waals surface area contributed by atoms with Crippen LogP contribution in [0.5, 0.6) is 23.0 Å². The average molecular weight is 488 g/mol. The van der Waals surface area contributed by atoms with Gasteiger partial charge in [-0.3, -0.25) is 13.9 Å². The Morgan fingerprint density at radius 1 is 0.417 bits per heavy atom. The number of nitrogens with zero attached hydrogens (tertiary/aromatic N) is 2. The highest BCUT2D eigenvalue weighted by Crippen LogP contribution is 2.69. The molecule has 0 N–H and O–H groups in total. The van der Waals surface area contributed by atoms with Gasteiger partial charge in [-0.05, 0) is 60.7 Å². The Morgan fingerprint density at radius 2 is 0.722 bits per heavy atom. The molecule has 6 heteroatoms. The number of ether oxygens (including phenoxy) is 2. The van der Waals surface area contributed by atoms with E-state index < -0.39 is 7.44 Å². The van der Waals surface area contributed by atoms with Crippen molar-refractivity contribution < 1.29 is 14.0 Å². The molecule has 5 nitrogen and oxygen atoms in total. The summed E-state index contributed by atoms with van der Waals surface area (Å²) in [6.07, 6.45) is 0. The van der Waals surface area contributed by atoms with E-state index >= 15 is 4.57 Å². The van der Waals surface area contributed by atoms with Crippen LogP contribution in [0.15, 0.2) is 127 Å². The Kier molecular flexibility index (Phi) is 4.66. The van der Waals surface area contributed by atoms with E-state index in [-0.39, 0.29) is 0 Å². The first kappa shape index (κ1) is 20.9. The van der Waals surface area contributed by atoms with Crippen molar-refractivity contribution in [2.24, 2.45) is 0 Å². The molecular weight excluding hydrogens is 467 g/mol. The maximum atomic E-state index is 16.1. The summed E-state index contributed by atoms with van der Waals surface area (Å²) >= 11 is 0. The van der Waals surface area contributed by atoms with Gasteiger partial charge >= 0.3 is 7.44 Å². The van der Waals surface area contributed by atoms with Crippen LogP contribution >= 0.6 is 7.44 Å². The number of rotatable bonds is 3. The minimum atomic E-state index is -3.65. The molecule has 2 aliphatic rings. The summed E-state index contributed by atoms with van der Waals surface area (Å²) in [5.74, 6) is 2.62. The van der Waals surface area contributed by atoms with Gasteiger partial charge in [0.1, 0.15) is 0 Å². The molecule has 0 amide bonds. The van der Waals surface area contributed by atoms with Gasteiger partial charge in [0.15, 0.2) is 23.0 Å². The molecule has 36 heavy (non-hydrogen) atoms. The molecule has 0 radical (unpaired) electrons. The summed E-state index contributed by atoms with van der Waals surface area (Å²) < 4.78 is 32.5. The molecule has 0 bridgehead atoms. The van der Waals surface area contributed by atoms with E-state index in [9.17, 15) is 0 Å². The van der Waals surface area contributed by atoms with Crippen LogP contribution in [0.2, 0.25) is 0 Å². The molecule has 0 saturated heterocycles. The first-order valence-corrected chi connectivity index (χ1v) is 13.3. The second kappa shape index (κ2) is 8.04. The van der Waals surface area contributed by atoms with E-state index in [1.165, 1.54) is 0 Å². The third-order valence-electron chi connectivity index (χ3n) is 6.45. The first-order chi connectivity index (χ1) is 17.7. The number of hydrogen-bond acceptors (Lipinski definition) is 3. The number of para-hydroxylation sites is 8. The highest BCUT2D eigenvalue weighted by Gasteiger charge is 2.47. The fourth-order valence-corrected chi connectivity index (χ4v) is 7.93. The normalized spacial score (nSPS) is 13.4. The van der Waals surface area contributed by atoms with Crippen LogP contribution in [0.4, 0.5) is 22.7 Å². The van der Waals surface area contributed by atoms with Crippen molar-refractivity contribution in [2.75, 3.05) is 9.34 Å². The van der Waals surface area contributed by atoms with E-state index in [1.54, 1.807) is 0 Å². The summed E-state index contributed by atoms with van der Waals surface area (Å²) in [5, 5.41) is 0.697. The summed E-state index contributed by atoms with van der Waals surface area (Å²) in [5.41, 5.74) is 2.96. The average Bonchev–Trinajstić information content (AvgIpc) is 2.94. The van der Waals surface area contributed by atoms with E-state index in [2.05, 4.69) is 0 Å². The monoisotopic (exact) mass is 488 g/mol. The summed E-state index contributed by atoms with van der Waals surface area (Å²) in [4.78, 5) is 0. The van der Waals surface area contributed by atoms with Crippen LogP contribution < -0.4 is 24.1 Å². The van der Waals surface area contributed by atoms with Gasteiger partial charge in [-0.1, -0.05) is 66.7 Å².